The Balaban J connectivity index is 2.16. The molecular formula is C13H20ClN3O3. The number of ether oxygens (including phenoxy) is 2. The lowest BCUT2D eigenvalue weighted by atomic mass is 10.2. The normalized spacial score (nSPS) is 23.1. The van der Waals surface area contributed by atoms with Crippen LogP contribution < -0.4 is 4.90 Å². The largest absolute Gasteiger partial charge is 0.394 e. The Bertz CT molecular complexity index is 447. The van der Waals surface area contributed by atoms with Gasteiger partial charge in [0, 0.05) is 25.8 Å². The van der Waals surface area contributed by atoms with Gasteiger partial charge in [0.1, 0.15) is 17.6 Å². The molecule has 1 aromatic heterocycles. The summed E-state index contributed by atoms with van der Waals surface area (Å²) in [4.78, 5) is 10.7. The van der Waals surface area contributed by atoms with Gasteiger partial charge in [-0.3, -0.25) is 0 Å². The van der Waals surface area contributed by atoms with Crippen LogP contribution in [0.1, 0.15) is 19.7 Å². The maximum atomic E-state index is 9.27. The number of morpholine rings is 1. The van der Waals surface area contributed by atoms with Crippen molar-refractivity contribution in [3.05, 3.63) is 17.0 Å². The third kappa shape index (κ3) is 4.02. The Morgan fingerprint density at radius 3 is 3.00 bits per heavy atom. The molecule has 0 spiro atoms. The molecule has 7 heteroatoms. The van der Waals surface area contributed by atoms with Gasteiger partial charge in [-0.25, -0.2) is 9.97 Å². The van der Waals surface area contributed by atoms with Crippen LogP contribution >= 0.6 is 11.6 Å². The summed E-state index contributed by atoms with van der Waals surface area (Å²) in [5.74, 6) is 1.31. The van der Waals surface area contributed by atoms with Gasteiger partial charge >= 0.3 is 0 Å². The Hall–Kier alpha value is -0.950. The van der Waals surface area contributed by atoms with Crippen LogP contribution in [-0.4, -0.2) is 53.6 Å². The van der Waals surface area contributed by atoms with E-state index in [2.05, 4.69) is 14.9 Å². The molecule has 0 aromatic carbocycles. The average molecular weight is 302 g/mol. The molecule has 1 aliphatic heterocycles. The van der Waals surface area contributed by atoms with Gasteiger partial charge in [-0.15, -0.1) is 0 Å². The van der Waals surface area contributed by atoms with Crippen LogP contribution in [0.3, 0.4) is 0 Å². The molecule has 2 rings (SSSR count). The van der Waals surface area contributed by atoms with Gasteiger partial charge in [0.25, 0.3) is 0 Å². The van der Waals surface area contributed by atoms with E-state index in [0.29, 0.717) is 37.3 Å². The van der Waals surface area contributed by atoms with Gasteiger partial charge in [0.15, 0.2) is 5.82 Å². The standard InChI is InChI=1S/C13H20ClN3O3/c1-3-19-8-12-15-11(14)4-13(16-12)17-5-9(2)20-10(6-17)7-18/h4,9-10,18H,3,5-8H2,1-2H3. The van der Waals surface area contributed by atoms with Crippen molar-refractivity contribution in [2.45, 2.75) is 32.7 Å². The predicted molar refractivity (Wildman–Crippen MR) is 76.0 cm³/mol. The molecule has 6 nitrogen and oxygen atoms in total. The molecule has 1 N–H and O–H groups in total. The maximum Gasteiger partial charge on any atom is 0.158 e. The number of hydrogen-bond acceptors (Lipinski definition) is 6. The molecule has 2 unspecified atom stereocenters. The summed E-state index contributed by atoms with van der Waals surface area (Å²) in [5.41, 5.74) is 0. The van der Waals surface area contributed by atoms with Crippen molar-refractivity contribution in [3.8, 4) is 0 Å². The Kier molecular flexibility index (Phi) is 5.54. The summed E-state index contributed by atoms with van der Waals surface area (Å²) in [6.45, 7) is 6.12. The number of halogens is 1. The van der Waals surface area contributed by atoms with E-state index < -0.39 is 0 Å². The van der Waals surface area contributed by atoms with Gasteiger partial charge < -0.3 is 19.5 Å². The molecule has 0 bridgehead atoms. The minimum absolute atomic E-state index is 0.00847. The van der Waals surface area contributed by atoms with E-state index in [4.69, 9.17) is 21.1 Å². The fraction of sp³-hybridized carbons (Fsp3) is 0.692. The summed E-state index contributed by atoms with van der Waals surface area (Å²) in [5, 5.41) is 9.66. The van der Waals surface area contributed by atoms with Gasteiger partial charge in [0.2, 0.25) is 0 Å². The van der Waals surface area contributed by atoms with E-state index in [1.165, 1.54) is 0 Å². The van der Waals surface area contributed by atoms with Crippen molar-refractivity contribution in [3.63, 3.8) is 0 Å². The number of anilines is 1. The van der Waals surface area contributed by atoms with Crippen molar-refractivity contribution in [2.75, 3.05) is 31.2 Å². The molecule has 112 valence electrons. The monoisotopic (exact) mass is 301 g/mol. The Morgan fingerprint density at radius 2 is 2.30 bits per heavy atom. The lowest BCUT2D eigenvalue weighted by Crippen LogP contribution is -2.48. The molecule has 2 atom stereocenters. The molecule has 0 radical (unpaired) electrons. The first-order chi connectivity index (χ1) is 9.62. The molecule has 20 heavy (non-hydrogen) atoms. The quantitative estimate of drug-likeness (QED) is 0.826. The van der Waals surface area contributed by atoms with Crippen LogP contribution in [0.25, 0.3) is 0 Å². The summed E-state index contributed by atoms with van der Waals surface area (Å²) >= 11 is 6.04. The second-order valence-corrected chi connectivity index (χ2v) is 5.15. The summed E-state index contributed by atoms with van der Waals surface area (Å²) in [6.07, 6.45) is -0.173. The van der Waals surface area contributed by atoms with E-state index in [-0.39, 0.29) is 18.8 Å². The zero-order valence-corrected chi connectivity index (χ0v) is 12.5. The van der Waals surface area contributed by atoms with Crippen LogP contribution in [0.4, 0.5) is 5.82 Å². The molecule has 0 amide bonds. The molecule has 0 aliphatic carbocycles. The maximum absolute atomic E-state index is 9.27. The fourth-order valence-electron chi connectivity index (χ4n) is 2.20. The summed E-state index contributed by atoms with van der Waals surface area (Å²) in [6, 6.07) is 1.73. The van der Waals surface area contributed by atoms with E-state index in [0.717, 1.165) is 5.82 Å². The zero-order valence-electron chi connectivity index (χ0n) is 11.8. The highest BCUT2D eigenvalue weighted by Gasteiger charge is 2.26. The number of aliphatic hydroxyl groups excluding tert-OH is 1. The first-order valence-electron chi connectivity index (χ1n) is 6.74. The zero-order chi connectivity index (χ0) is 14.5. The number of aromatic nitrogens is 2. The van der Waals surface area contributed by atoms with E-state index in [9.17, 15) is 5.11 Å². The van der Waals surface area contributed by atoms with Crippen LogP contribution in [-0.2, 0) is 16.1 Å². The van der Waals surface area contributed by atoms with Crippen LogP contribution in [0, 0.1) is 0 Å². The third-order valence-corrected chi connectivity index (χ3v) is 3.21. The van der Waals surface area contributed by atoms with Crippen LogP contribution in [0.2, 0.25) is 5.15 Å². The second kappa shape index (κ2) is 7.17. The van der Waals surface area contributed by atoms with Gasteiger partial charge in [-0.2, -0.15) is 0 Å². The van der Waals surface area contributed by atoms with E-state index >= 15 is 0 Å². The van der Waals surface area contributed by atoms with Crippen LogP contribution in [0.5, 0.6) is 0 Å². The summed E-state index contributed by atoms with van der Waals surface area (Å²) < 4.78 is 10.9. The summed E-state index contributed by atoms with van der Waals surface area (Å²) in [7, 11) is 0. The smallest absolute Gasteiger partial charge is 0.158 e. The number of rotatable bonds is 5. The third-order valence-electron chi connectivity index (χ3n) is 3.02. The minimum atomic E-state index is -0.206. The molecule has 1 fully saturated rings. The lowest BCUT2D eigenvalue weighted by Gasteiger charge is -2.36. The number of aliphatic hydroxyl groups is 1. The first-order valence-corrected chi connectivity index (χ1v) is 7.12. The average Bonchev–Trinajstić information content (AvgIpc) is 2.43. The van der Waals surface area contributed by atoms with Crippen molar-refractivity contribution >= 4 is 17.4 Å². The molecule has 1 aromatic rings. The molecule has 1 aliphatic rings. The highest BCUT2D eigenvalue weighted by Crippen LogP contribution is 2.21. The van der Waals surface area contributed by atoms with Crippen LogP contribution in [0.15, 0.2) is 6.07 Å². The number of hydrogen-bond donors (Lipinski definition) is 1. The second-order valence-electron chi connectivity index (χ2n) is 4.76. The first kappa shape index (κ1) is 15.4. The van der Waals surface area contributed by atoms with E-state index in [1.807, 2.05) is 13.8 Å². The van der Waals surface area contributed by atoms with Crippen molar-refractivity contribution in [1.82, 2.24) is 9.97 Å². The van der Waals surface area contributed by atoms with Gasteiger partial charge in [0.05, 0.1) is 18.8 Å². The lowest BCUT2D eigenvalue weighted by molar-refractivity contribution is -0.0423. The Morgan fingerprint density at radius 1 is 1.50 bits per heavy atom. The highest BCUT2D eigenvalue weighted by molar-refractivity contribution is 6.29. The fourth-order valence-corrected chi connectivity index (χ4v) is 2.40. The highest BCUT2D eigenvalue weighted by atomic mass is 35.5. The van der Waals surface area contributed by atoms with E-state index in [1.54, 1.807) is 6.07 Å². The number of nitrogens with zero attached hydrogens (tertiary/aromatic N) is 3. The minimum Gasteiger partial charge on any atom is -0.394 e. The van der Waals surface area contributed by atoms with Gasteiger partial charge in [-0.1, -0.05) is 11.6 Å². The molecular weight excluding hydrogens is 282 g/mol. The molecule has 1 saturated heterocycles. The molecule has 2 heterocycles. The Labute approximate surface area is 123 Å². The van der Waals surface area contributed by atoms with Crippen molar-refractivity contribution in [1.29, 1.82) is 0 Å². The van der Waals surface area contributed by atoms with Gasteiger partial charge in [-0.05, 0) is 13.8 Å². The molecule has 0 saturated carbocycles. The van der Waals surface area contributed by atoms with Crippen molar-refractivity contribution < 1.29 is 14.6 Å². The topological polar surface area (TPSA) is 67.7 Å². The SMILES string of the molecule is CCOCc1nc(Cl)cc(N2CC(C)OC(CO)C2)n1. The predicted octanol–water partition coefficient (Wildman–Crippen LogP) is 1.25. The van der Waals surface area contributed by atoms with Crippen molar-refractivity contribution in [2.24, 2.45) is 0 Å².